The highest BCUT2D eigenvalue weighted by atomic mass is 35.5. The summed E-state index contributed by atoms with van der Waals surface area (Å²) in [7, 11) is -1.15. The van der Waals surface area contributed by atoms with Crippen LogP contribution in [0.3, 0.4) is 0 Å². The van der Waals surface area contributed by atoms with Gasteiger partial charge < -0.3 is 4.90 Å². The Labute approximate surface area is 258 Å². The highest BCUT2D eigenvalue weighted by molar-refractivity contribution is 7.92. The van der Waals surface area contributed by atoms with Crippen molar-refractivity contribution in [3.05, 3.63) is 111 Å². The van der Waals surface area contributed by atoms with Crippen LogP contribution in [0.25, 0.3) is 5.69 Å². The molecule has 226 valence electrons. The van der Waals surface area contributed by atoms with Gasteiger partial charge in [0, 0.05) is 27.2 Å². The zero-order chi connectivity index (χ0) is 30.9. The van der Waals surface area contributed by atoms with Gasteiger partial charge in [0.15, 0.2) is 0 Å². The molecule has 10 heteroatoms. The first kappa shape index (κ1) is 30.6. The molecule has 1 aromatic heterocycles. The lowest BCUT2D eigenvalue weighted by atomic mass is 9.72. The van der Waals surface area contributed by atoms with Gasteiger partial charge in [-0.15, -0.1) is 0 Å². The Hall–Kier alpha value is -3.82. The molecule has 0 spiro atoms. The van der Waals surface area contributed by atoms with Crippen LogP contribution in [-0.2, 0) is 23.5 Å². The van der Waals surface area contributed by atoms with E-state index in [1.54, 1.807) is 35.7 Å². The zero-order valence-electron chi connectivity index (χ0n) is 25.0. The van der Waals surface area contributed by atoms with E-state index < -0.39 is 15.6 Å². The highest BCUT2D eigenvalue weighted by Crippen LogP contribution is 2.39. The Balaban J connectivity index is 1.40. The molecule has 0 atom stereocenters. The number of halogens is 1. The van der Waals surface area contributed by atoms with Crippen molar-refractivity contribution in [2.45, 2.75) is 44.4 Å². The number of likely N-dealkylation sites (tertiary alicyclic amines) is 1. The van der Waals surface area contributed by atoms with E-state index in [9.17, 15) is 18.0 Å². The monoisotopic (exact) mass is 620 g/mol. The molecule has 0 radical (unpaired) electrons. The first-order valence-electron chi connectivity index (χ1n) is 14.4. The average molecular weight is 621 g/mol. The summed E-state index contributed by atoms with van der Waals surface area (Å²) >= 11 is 6.48. The molecule has 0 aliphatic carbocycles. The van der Waals surface area contributed by atoms with Crippen LogP contribution in [0.1, 0.15) is 47.8 Å². The van der Waals surface area contributed by atoms with Crippen LogP contribution in [0.15, 0.2) is 88.6 Å². The molecule has 0 saturated carbocycles. The summed E-state index contributed by atoms with van der Waals surface area (Å²) in [6.07, 6.45) is 3.67. The molecule has 4 aromatic rings. The van der Waals surface area contributed by atoms with E-state index in [0.717, 1.165) is 30.0 Å². The fourth-order valence-electron chi connectivity index (χ4n) is 6.06. The maximum absolute atomic E-state index is 13.9. The van der Waals surface area contributed by atoms with Crippen LogP contribution < -0.4 is 9.86 Å². The number of rotatable bonds is 8. The smallest absolute Gasteiger partial charge is 0.296 e. The molecular weight excluding hydrogens is 584 g/mol. The number of carbonyl (C=O) groups excluding carboxylic acids is 1. The van der Waals surface area contributed by atoms with E-state index in [-0.39, 0.29) is 32.5 Å². The SMILES string of the molecule is CCC1(Cc2ccccc2)CCN(C(=O)c2cc(S(=O)(=O)N(C)c3c(C)n(C)n(-c4ccccc4)c3=O)ccc2Cl)CC1. The van der Waals surface area contributed by atoms with Crippen molar-refractivity contribution in [1.29, 1.82) is 0 Å². The van der Waals surface area contributed by atoms with Gasteiger partial charge in [-0.3, -0.25) is 18.6 Å². The number of sulfonamides is 1. The van der Waals surface area contributed by atoms with Crippen molar-refractivity contribution in [3.8, 4) is 5.69 Å². The van der Waals surface area contributed by atoms with Gasteiger partial charge >= 0.3 is 0 Å². The maximum Gasteiger partial charge on any atom is 0.296 e. The number of nitrogens with zero attached hydrogens (tertiary/aromatic N) is 4. The molecule has 3 aromatic carbocycles. The molecule has 0 unspecified atom stereocenters. The largest absolute Gasteiger partial charge is 0.339 e. The number of anilines is 1. The van der Waals surface area contributed by atoms with Gasteiger partial charge in [0.1, 0.15) is 5.69 Å². The summed E-state index contributed by atoms with van der Waals surface area (Å²) in [6, 6.07) is 23.6. The van der Waals surface area contributed by atoms with Crippen LogP contribution in [0.5, 0.6) is 0 Å². The number of para-hydroxylation sites is 1. The molecule has 43 heavy (non-hydrogen) atoms. The van der Waals surface area contributed by atoms with E-state index in [4.69, 9.17) is 11.6 Å². The minimum absolute atomic E-state index is 0.0273. The van der Waals surface area contributed by atoms with Crippen molar-refractivity contribution in [3.63, 3.8) is 0 Å². The fourth-order valence-corrected chi connectivity index (χ4v) is 7.53. The zero-order valence-corrected chi connectivity index (χ0v) is 26.5. The molecule has 1 saturated heterocycles. The summed E-state index contributed by atoms with van der Waals surface area (Å²) in [5, 5.41) is 0.186. The second-order valence-corrected chi connectivity index (χ2v) is 13.7. The van der Waals surface area contributed by atoms with E-state index in [1.165, 1.54) is 35.5 Å². The third-order valence-electron chi connectivity index (χ3n) is 8.95. The summed E-state index contributed by atoms with van der Waals surface area (Å²) in [5.74, 6) is -0.295. The Bertz CT molecular complexity index is 1790. The van der Waals surface area contributed by atoms with Gasteiger partial charge in [0.25, 0.3) is 21.5 Å². The summed E-state index contributed by atoms with van der Waals surface area (Å²) in [5.41, 5.74) is 2.19. The fraction of sp³-hybridized carbons (Fsp3) is 0.333. The van der Waals surface area contributed by atoms with Crippen molar-refractivity contribution >= 4 is 33.2 Å². The molecule has 1 aliphatic heterocycles. The van der Waals surface area contributed by atoms with Gasteiger partial charge in [-0.2, -0.15) is 0 Å². The molecule has 1 fully saturated rings. The molecule has 8 nitrogen and oxygen atoms in total. The van der Waals surface area contributed by atoms with Crippen molar-refractivity contribution in [2.24, 2.45) is 12.5 Å². The standard InChI is InChI=1S/C33H37ClN4O4S/c1-5-33(23-25-12-8-6-9-13-25)18-20-37(21-19-33)31(39)28-22-27(16-17-29(28)34)43(41,42)36(4)30-24(2)35(3)38(32(30)40)26-14-10-7-11-15-26/h6-17,22H,5,18-21,23H2,1-4H3. The summed E-state index contributed by atoms with van der Waals surface area (Å²) < 4.78 is 31.8. The lowest BCUT2D eigenvalue weighted by Crippen LogP contribution is -2.44. The lowest BCUT2D eigenvalue weighted by Gasteiger charge is -2.42. The Morgan fingerprint density at radius 2 is 1.58 bits per heavy atom. The summed E-state index contributed by atoms with van der Waals surface area (Å²) in [6.45, 7) is 5.03. The molecule has 1 amide bonds. The van der Waals surface area contributed by atoms with Crippen LogP contribution >= 0.6 is 11.6 Å². The van der Waals surface area contributed by atoms with E-state index in [0.29, 0.717) is 24.5 Å². The predicted molar refractivity (Wildman–Crippen MR) is 171 cm³/mol. The number of amides is 1. The van der Waals surface area contributed by atoms with Crippen LogP contribution in [0.2, 0.25) is 5.02 Å². The number of aromatic nitrogens is 2. The Kier molecular flexibility index (Phi) is 8.58. The average Bonchev–Trinajstić information content (AvgIpc) is 3.24. The van der Waals surface area contributed by atoms with E-state index in [1.807, 2.05) is 24.3 Å². The number of benzene rings is 3. The third kappa shape index (κ3) is 5.76. The topological polar surface area (TPSA) is 84.6 Å². The predicted octanol–water partition coefficient (Wildman–Crippen LogP) is 5.84. The van der Waals surface area contributed by atoms with Gasteiger partial charge in [0.05, 0.1) is 26.9 Å². The Morgan fingerprint density at radius 3 is 2.19 bits per heavy atom. The molecular formula is C33H37ClN4O4S. The third-order valence-corrected chi connectivity index (χ3v) is 11.0. The van der Waals surface area contributed by atoms with Crippen molar-refractivity contribution < 1.29 is 13.2 Å². The number of piperidine rings is 1. The molecule has 5 rings (SSSR count). The van der Waals surface area contributed by atoms with Crippen molar-refractivity contribution in [2.75, 3.05) is 24.4 Å². The minimum Gasteiger partial charge on any atom is -0.339 e. The number of hydrogen-bond donors (Lipinski definition) is 0. The minimum atomic E-state index is -4.21. The van der Waals surface area contributed by atoms with E-state index in [2.05, 4.69) is 31.2 Å². The Morgan fingerprint density at radius 1 is 0.977 bits per heavy atom. The quantitative estimate of drug-likeness (QED) is 0.248. The first-order chi connectivity index (χ1) is 20.5. The summed E-state index contributed by atoms with van der Waals surface area (Å²) in [4.78, 5) is 28.9. The molecule has 0 N–H and O–H groups in total. The lowest BCUT2D eigenvalue weighted by molar-refractivity contribution is 0.0566. The highest BCUT2D eigenvalue weighted by Gasteiger charge is 2.36. The second-order valence-electron chi connectivity index (χ2n) is 11.3. The van der Waals surface area contributed by atoms with Gasteiger partial charge in [-0.25, -0.2) is 13.1 Å². The van der Waals surface area contributed by atoms with Crippen LogP contribution in [-0.4, -0.2) is 48.7 Å². The van der Waals surface area contributed by atoms with Crippen LogP contribution in [0, 0.1) is 12.3 Å². The number of carbonyl (C=O) groups is 1. The first-order valence-corrected chi connectivity index (χ1v) is 16.3. The van der Waals surface area contributed by atoms with Gasteiger partial charge in [-0.1, -0.05) is 73.5 Å². The van der Waals surface area contributed by atoms with Crippen molar-refractivity contribution in [1.82, 2.24) is 14.3 Å². The van der Waals surface area contributed by atoms with Gasteiger partial charge in [0.2, 0.25) is 0 Å². The number of hydrogen-bond acceptors (Lipinski definition) is 4. The normalized spacial score (nSPS) is 15.0. The maximum atomic E-state index is 13.9. The second kappa shape index (κ2) is 12.1. The molecule has 2 heterocycles. The van der Waals surface area contributed by atoms with Gasteiger partial charge in [-0.05, 0) is 67.5 Å². The molecule has 1 aliphatic rings. The van der Waals surface area contributed by atoms with E-state index >= 15 is 0 Å². The molecule has 0 bridgehead atoms. The van der Waals surface area contributed by atoms with Crippen LogP contribution in [0.4, 0.5) is 5.69 Å².